The molecule has 0 aliphatic carbocycles. The average Bonchev–Trinajstić information content (AvgIpc) is 2.69. The third-order valence-electron chi connectivity index (χ3n) is 4.42. The van der Waals surface area contributed by atoms with Crippen molar-refractivity contribution in [3.05, 3.63) is 59.2 Å². The van der Waals surface area contributed by atoms with E-state index in [1.54, 1.807) is 0 Å². The summed E-state index contributed by atoms with van der Waals surface area (Å²) in [7, 11) is 1.90. The Morgan fingerprint density at radius 3 is 2.50 bits per heavy atom. The summed E-state index contributed by atoms with van der Waals surface area (Å²) >= 11 is 0.297. The molecular formula is C19H21NOSe. The van der Waals surface area contributed by atoms with Crippen LogP contribution in [0.2, 0.25) is 5.32 Å². The Balaban J connectivity index is 1.99. The monoisotopic (exact) mass is 359 g/mol. The van der Waals surface area contributed by atoms with Gasteiger partial charge in [0.25, 0.3) is 0 Å². The Bertz CT molecular complexity index is 726. The number of fused-ring (bicyclic) bond motifs is 1. The summed E-state index contributed by atoms with van der Waals surface area (Å²) in [6, 6.07) is 14.8. The van der Waals surface area contributed by atoms with Crippen molar-refractivity contribution in [3.8, 4) is 0 Å². The Morgan fingerprint density at radius 1 is 1.14 bits per heavy atom. The van der Waals surface area contributed by atoms with Gasteiger partial charge in [0.2, 0.25) is 0 Å². The molecule has 0 unspecified atom stereocenters. The summed E-state index contributed by atoms with van der Waals surface area (Å²) < 4.78 is 1.35. The third-order valence-corrected chi connectivity index (χ3v) is 7.20. The van der Waals surface area contributed by atoms with Gasteiger partial charge in [0.05, 0.1) is 0 Å². The zero-order valence-corrected chi connectivity index (χ0v) is 15.2. The van der Waals surface area contributed by atoms with Crippen LogP contribution >= 0.6 is 0 Å². The summed E-state index contributed by atoms with van der Waals surface area (Å²) in [6.45, 7) is 6.34. The fraction of sp³-hybridized carbons (Fsp3) is 0.316. The molecule has 0 fully saturated rings. The fourth-order valence-corrected chi connectivity index (χ4v) is 5.64. The fourth-order valence-electron chi connectivity index (χ4n) is 3.39. The molecule has 2 aromatic rings. The minimum absolute atomic E-state index is 0.231. The number of anilines is 1. The van der Waals surface area contributed by atoms with Crippen LogP contribution in [0.1, 0.15) is 23.6 Å². The molecule has 0 N–H and O–H groups in total. The first-order valence-electron chi connectivity index (χ1n) is 7.51. The van der Waals surface area contributed by atoms with Gasteiger partial charge in [-0.2, -0.15) is 0 Å². The molecule has 0 bridgehead atoms. The van der Waals surface area contributed by atoms with E-state index < -0.39 is 5.41 Å². The van der Waals surface area contributed by atoms with Crippen LogP contribution in [0.15, 0.2) is 42.5 Å². The molecule has 0 radical (unpaired) electrons. The molecule has 2 nitrogen and oxygen atoms in total. The number of hydrogen-bond donors (Lipinski definition) is 0. The first-order chi connectivity index (χ1) is 10.4. The predicted molar refractivity (Wildman–Crippen MR) is 93.3 cm³/mol. The van der Waals surface area contributed by atoms with Gasteiger partial charge in [0.15, 0.2) is 0 Å². The number of hydrogen-bond acceptors (Lipinski definition) is 1. The summed E-state index contributed by atoms with van der Waals surface area (Å²) in [6.07, 6.45) is 0. The van der Waals surface area contributed by atoms with Gasteiger partial charge in [0.1, 0.15) is 0 Å². The number of nitrogens with zero attached hydrogens (tertiary/aromatic N) is 1. The van der Waals surface area contributed by atoms with Gasteiger partial charge in [-0.05, 0) is 0 Å². The number of carbonyl (C=O) groups is 1. The van der Waals surface area contributed by atoms with Crippen molar-refractivity contribution < 1.29 is 4.79 Å². The third kappa shape index (κ3) is 2.39. The van der Waals surface area contributed by atoms with Crippen molar-refractivity contribution in [2.75, 3.05) is 11.9 Å². The van der Waals surface area contributed by atoms with Gasteiger partial charge in [0, 0.05) is 0 Å². The molecule has 2 aromatic carbocycles. The van der Waals surface area contributed by atoms with E-state index in [0.717, 1.165) is 11.0 Å². The maximum absolute atomic E-state index is 12.9. The molecule has 0 saturated heterocycles. The van der Waals surface area contributed by atoms with Gasteiger partial charge in [-0.15, -0.1) is 0 Å². The molecule has 114 valence electrons. The second kappa shape index (κ2) is 5.57. The van der Waals surface area contributed by atoms with Gasteiger partial charge < -0.3 is 0 Å². The quantitative estimate of drug-likeness (QED) is 0.773. The van der Waals surface area contributed by atoms with Crippen LogP contribution in [0, 0.1) is 13.8 Å². The van der Waals surface area contributed by atoms with Gasteiger partial charge in [-0.1, -0.05) is 0 Å². The van der Waals surface area contributed by atoms with Crippen LogP contribution in [0.5, 0.6) is 0 Å². The van der Waals surface area contributed by atoms with Crippen molar-refractivity contribution >= 4 is 31.0 Å². The number of rotatable bonds is 3. The van der Waals surface area contributed by atoms with Crippen LogP contribution in [-0.4, -0.2) is 27.9 Å². The van der Waals surface area contributed by atoms with E-state index in [-0.39, 0.29) is 5.91 Å². The van der Waals surface area contributed by atoms with E-state index in [1.165, 1.54) is 21.2 Å². The maximum atomic E-state index is 12.9. The number of benzene rings is 2. The van der Waals surface area contributed by atoms with Gasteiger partial charge in [-0.3, -0.25) is 0 Å². The van der Waals surface area contributed by atoms with Crippen LogP contribution in [0.25, 0.3) is 0 Å². The molecule has 0 saturated carbocycles. The van der Waals surface area contributed by atoms with Gasteiger partial charge in [-0.25, -0.2) is 0 Å². The molecular weight excluding hydrogens is 337 g/mol. The van der Waals surface area contributed by atoms with Crippen molar-refractivity contribution in [2.24, 2.45) is 0 Å². The molecule has 1 heterocycles. The number of likely N-dealkylation sites (N-methyl/N-ethyl adjacent to an activating group) is 1. The minimum atomic E-state index is -0.391. The summed E-state index contributed by atoms with van der Waals surface area (Å²) in [5.41, 5.74) is 4.38. The molecule has 3 rings (SSSR count). The standard InChI is InChI=1S/C19H21NOSe/c1-13-10-14(2)17-16(11-13)20(4)18(21)19(17,3)12-22-15-8-6-5-7-9-15/h5-11H,12H2,1-4H3/t19-/m0/s1. The van der Waals surface area contributed by atoms with Crippen LogP contribution in [0.4, 0.5) is 5.69 Å². The Morgan fingerprint density at radius 2 is 1.82 bits per heavy atom. The first-order valence-corrected chi connectivity index (χ1v) is 9.58. The SMILES string of the molecule is Cc1cc(C)c2c(c1)N(C)C(=O)[C@@]2(C)C[Se]c1ccccc1. The Kier molecular flexibility index (Phi) is 3.88. The van der Waals surface area contributed by atoms with Gasteiger partial charge >= 0.3 is 138 Å². The zero-order chi connectivity index (χ0) is 15.9. The summed E-state index contributed by atoms with van der Waals surface area (Å²) in [5, 5.41) is 0.907. The van der Waals surface area contributed by atoms with E-state index in [4.69, 9.17) is 0 Å². The zero-order valence-electron chi connectivity index (χ0n) is 13.5. The Labute approximate surface area is 138 Å². The van der Waals surface area contributed by atoms with Crippen molar-refractivity contribution in [1.29, 1.82) is 0 Å². The van der Waals surface area contributed by atoms with Crippen molar-refractivity contribution in [1.82, 2.24) is 0 Å². The van der Waals surface area contributed by atoms with E-state index in [0.29, 0.717) is 15.0 Å². The number of carbonyl (C=O) groups excluding carboxylic acids is 1. The summed E-state index contributed by atoms with van der Waals surface area (Å²) in [4.78, 5) is 14.7. The molecule has 22 heavy (non-hydrogen) atoms. The first kappa shape index (κ1) is 15.3. The van der Waals surface area contributed by atoms with Crippen LogP contribution in [0.3, 0.4) is 0 Å². The average molecular weight is 358 g/mol. The predicted octanol–water partition coefficient (Wildman–Crippen LogP) is 2.99. The van der Waals surface area contributed by atoms with E-state index in [9.17, 15) is 4.79 Å². The molecule has 1 aliphatic rings. The van der Waals surface area contributed by atoms with Crippen molar-refractivity contribution in [2.45, 2.75) is 31.5 Å². The second-order valence-corrected chi connectivity index (χ2v) is 8.47. The van der Waals surface area contributed by atoms with E-state index in [2.05, 4.69) is 57.2 Å². The molecule has 1 atom stereocenters. The molecule has 3 heteroatoms. The summed E-state index contributed by atoms with van der Waals surface area (Å²) in [5.74, 6) is 0.231. The van der Waals surface area contributed by atoms with Crippen molar-refractivity contribution in [3.63, 3.8) is 0 Å². The van der Waals surface area contributed by atoms with Crippen LogP contribution in [-0.2, 0) is 10.2 Å². The molecule has 1 amide bonds. The molecule has 0 aromatic heterocycles. The number of aryl methyl sites for hydroxylation is 2. The topological polar surface area (TPSA) is 20.3 Å². The Hall–Kier alpha value is -1.57. The normalized spacial score (nSPS) is 20.4. The molecule has 1 aliphatic heterocycles. The molecule has 0 spiro atoms. The van der Waals surface area contributed by atoms with E-state index >= 15 is 0 Å². The van der Waals surface area contributed by atoms with E-state index in [1.807, 2.05) is 18.0 Å². The second-order valence-electron chi connectivity index (χ2n) is 6.27. The number of amides is 1. The van der Waals surface area contributed by atoms with Crippen LogP contribution < -0.4 is 9.36 Å².